The zero-order valence-corrected chi connectivity index (χ0v) is 19.0. The lowest BCUT2D eigenvalue weighted by molar-refractivity contribution is -0.384. The lowest BCUT2D eigenvalue weighted by Crippen LogP contribution is -2.40. The van der Waals surface area contributed by atoms with Crippen molar-refractivity contribution >= 4 is 45.8 Å². The summed E-state index contributed by atoms with van der Waals surface area (Å²) in [6, 6.07) is 9.53. The summed E-state index contributed by atoms with van der Waals surface area (Å²) in [5.74, 6) is 0.267. The van der Waals surface area contributed by atoms with Crippen molar-refractivity contribution in [2.75, 3.05) is 19.0 Å². The van der Waals surface area contributed by atoms with Gasteiger partial charge in [-0.15, -0.1) is 0 Å². The quantitative estimate of drug-likeness (QED) is 0.0955. The van der Waals surface area contributed by atoms with Crippen LogP contribution in [0.3, 0.4) is 0 Å². The molecule has 3 aromatic rings. The molecule has 1 heterocycles. The van der Waals surface area contributed by atoms with E-state index in [9.17, 15) is 29.3 Å². The van der Waals surface area contributed by atoms with Gasteiger partial charge < -0.3 is 25.6 Å². The number of carbonyl (C=O) groups is 3. The largest absolute Gasteiger partial charge is 0.494 e. The molecule has 0 fully saturated rings. The third kappa shape index (κ3) is 5.32. The zero-order valence-electron chi connectivity index (χ0n) is 19.0. The van der Waals surface area contributed by atoms with Crippen LogP contribution >= 0.6 is 0 Å². The van der Waals surface area contributed by atoms with Gasteiger partial charge in [0.05, 0.1) is 29.7 Å². The van der Waals surface area contributed by atoms with Gasteiger partial charge in [-0.25, -0.2) is 9.78 Å². The molecule has 36 heavy (non-hydrogen) atoms. The number of aromatic nitrogens is 2. The minimum Gasteiger partial charge on any atom is -0.494 e. The summed E-state index contributed by atoms with van der Waals surface area (Å²) >= 11 is 0. The number of methoxy groups -OCH3 is 1. The minimum atomic E-state index is -1.94. The predicted octanol–water partition coefficient (Wildman–Crippen LogP) is 1.01. The minimum absolute atomic E-state index is 0.00714. The average Bonchev–Trinajstić information content (AvgIpc) is 2.87. The molecule has 14 nitrogen and oxygen atoms in total. The number of nitro groups is 1. The number of esters is 1. The van der Waals surface area contributed by atoms with Gasteiger partial charge in [0.25, 0.3) is 17.2 Å². The third-order valence-corrected chi connectivity index (χ3v) is 4.90. The third-order valence-electron chi connectivity index (χ3n) is 4.90. The Morgan fingerprint density at radius 3 is 2.50 bits per heavy atom. The summed E-state index contributed by atoms with van der Waals surface area (Å²) in [5, 5.41) is 16.7. The molecule has 4 N–H and O–H groups in total. The maximum Gasteiger partial charge on any atom is 0.355 e. The monoisotopic (exact) mass is 496 g/mol. The van der Waals surface area contributed by atoms with E-state index in [1.54, 1.807) is 19.1 Å². The van der Waals surface area contributed by atoms with Crippen LogP contribution in [0.1, 0.15) is 18.5 Å². The van der Waals surface area contributed by atoms with Gasteiger partial charge in [0.15, 0.2) is 5.71 Å². The van der Waals surface area contributed by atoms with Crippen LogP contribution in [-0.2, 0) is 19.1 Å². The molecule has 1 atom stereocenters. The number of anilines is 1. The summed E-state index contributed by atoms with van der Waals surface area (Å²) in [4.78, 5) is 67.9. The van der Waals surface area contributed by atoms with E-state index < -0.39 is 45.5 Å². The van der Waals surface area contributed by atoms with E-state index in [0.29, 0.717) is 12.4 Å². The number of ether oxygens (including phenoxy) is 2. The zero-order chi connectivity index (χ0) is 26.4. The fourth-order valence-corrected chi connectivity index (χ4v) is 3.25. The number of non-ortho nitro benzene ring substituents is 1. The number of fused-ring (bicyclic) bond motifs is 1. The summed E-state index contributed by atoms with van der Waals surface area (Å²) in [7, 11) is 0.992. The van der Waals surface area contributed by atoms with Gasteiger partial charge in [0.2, 0.25) is 5.78 Å². The van der Waals surface area contributed by atoms with Gasteiger partial charge in [-0.1, -0.05) is 0 Å². The lowest BCUT2D eigenvalue weighted by atomic mass is 9.93. The van der Waals surface area contributed by atoms with Crippen LogP contribution in [0.25, 0.3) is 11.0 Å². The molecule has 186 valence electrons. The van der Waals surface area contributed by atoms with Gasteiger partial charge >= 0.3 is 5.97 Å². The standard InChI is InChI=1S/C22H20N6O8/c1-3-36-13-7-4-11(5-8-13)24-21(31)19(29)16(18(27-23)22(32)35-2)17-20(30)26-15-10-12(28(33)34)6-9-14(15)25-17/h4-10,16H,3,23H2,1-2H3,(H,24,31)(H,26,30)/b27-18+/t16-/m1/s1. The number of hydrazone groups is 1. The van der Waals surface area contributed by atoms with Gasteiger partial charge in [-0.05, 0) is 37.3 Å². The van der Waals surface area contributed by atoms with E-state index in [1.807, 2.05) is 0 Å². The van der Waals surface area contributed by atoms with Crippen LogP contribution in [0.15, 0.2) is 52.4 Å². The molecule has 0 spiro atoms. The van der Waals surface area contributed by atoms with Crippen LogP contribution in [0.5, 0.6) is 5.75 Å². The molecule has 0 radical (unpaired) electrons. The number of nitro benzene ring substituents is 1. The average molecular weight is 496 g/mol. The highest BCUT2D eigenvalue weighted by atomic mass is 16.6. The van der Waals surface area contributed by atoms with E-state index in [-0.39, 0.29) is 22.4 Å². The Balaban J connectivity index is 2.05. The molecule has 3 rings (SSSR count). The number of amides is 1. The summed E-state index contributed by atoms with van der Waals surface area (Å²) in [5.41, 5.74) is -2.38. The highest BCUT2D eigenvalue weighted by Gasteiger charge is 2.39. The van der Waals surface area contributed by atoms with Crippen molar-refractivity contribution in [3.8, 4) is 5.75 Å². The molecular formula is C22H20N6O8. The number of ketones is 1. The Labute approximate surface area is 202 Å². The van der Waals surface area contributed by atoms with Crippen LogP contribution < -0.4 is 21.5 Å². The molecule has 0 saturated heterocycles. The van der Waals surface area contributed by atoms with E-state index in [0.717, 1.165) is 19.2 Å². The second-order valence-corrected chi connectivity index (χ2v) is 7.12. The fraction of sp³-hybridized carbons (Fsp3) is 0.182. The molecular weight excluding hydrogens is 476 g/mol. The first-order valence-corrected chi connectivity index (χ1v) is 10.3. The number of nitrogens with zero attached hydrogens (tertiary/aromatic N) is 3. The first kappa shape index (κ1) is 25.5. The van der Waals surface area contributed by atoms with Crippen molar-refractivity contribution in [2.24, 2.45) is 10.9 Å². The molecule has 0 unspecified atom stereocenters. The molecule has 0 aliphatic heterocycles. The number of hydrogen-bond acceptors (Lipinski definition) is 11. The van der Waals surface area contributed by atoms with Crippen molar-refractivity contribution in [1.82, 2.24) is 9.97 Å². The first-order valence-electron chi connectivity index (χ1n) is 10.3. The SMILES string of the molecule is CCOc1ccc(NC(=O)C(=O)[C@@H](/C(=N\N)C(=O)OC)c2nc3ccc([N+](=O)[O-])cc3[nH]c2=O)cc1. The molecule has 1 amide bonds. The van der Waals surface area contributed by atoms with Crippen molar-refractivity contribution in [3.05, 3.63) is 68.6 Å². The van der Waals surface area contributed by atoms with E-state index in [1.165, 1.54) is 18.2 Å². The highest BCUT2D eigenvalue weighted by Crippen LogP contribution is 2.22. The van der Waals surface area contributed by atoms with Crippen LogP contribution in [0.2, 0.25) is 0 Å². The van der Waals surface area contributed by atoms with Gasteiger partial charge in [0.1, 0.15) is 17.4 Å². The molecule has 0 saturated carbocycles. The van der Waals surface area contributed by atoms with Crippen molar-refractivity contribution in [1.29, 1.82) is 0 Å². The van der Waals surface area contributed by atoms with Gasteiger partial charge in [-0.2, -0.15) is 5.10 Å². The van der Waals surface area contributed by atoms with E-state index in [4.69, 9.17) is 10.6 Å². The van der Waals surface area contributed by atoms with Crippen LogP contribution in [0, 0.1) is 10.1 Å². The Morgan fingerprint density at radius 1 is 1.22 bits per heavy atom. The number of aromatic amines is 1. The molecule has 0 bridgehead atoms. The Hall–Kier alpha value is -5.14. The number of carbonyl (C=O) groups excluding carboxylic acids is 3. The van der Waals surface area contributed by atoms with Crippen LogP contribution in [0.4, 0.5) is 11.4 Å². The molecule has 1 aromatic heterocycles. The Kier molecular flexibility index (Phi) is 7.69. The van der Waals surface area contributed by atoms with Gasteiger partial charge in [0, 0.05) is 17.8 Å². The molecule has 0 aliphatic rings. The number of hydrogen-bond donors (Lipinski definition) is 3. The lowest BCUT2D eigenvalue weighted by Gasteiger charge is -2.15. The van der Waals surface area contributed by atoms with Crippen LogP contribution in [-0.4, -0.2) is 52.0 Å². The van der Waals surface area contributed by atoms with E-state index in [2.05, 4.69) is 25.1 Å². The summed E-state index contributed by atoms with van der Waals surface area (Å²) in [6.07, 6.45) is 0. The number of benzene rings is 2. The first-order chi connectivity index (χ1) is 17.2. The Bertz CT molecular complexity index is 1430. The summed E-state index contributed by atoms with van der Waals surface area (Å²) in [6.45, 7) is 2.23. The van der Waals surface area contributed by atoms with Crippen molar-refractivity contribution in [2.45, 2.75) is 12.8 Å². The predicted molar refractivity (Wildman–Crippen MR) is 127 cm³/mol. The maximum atomic E-state index is 13.2. The molecule has 2 aromatic carbocycles. The number of nitrogens with two attached hydrogens (primary N) is 1. The number of H-pyrrole nitrogens is 1. The van der Waals surface area contributed by atoms with Crippen molar-refractivity contribution in [3.63, 3.8) is 0 Å². The molecule has 0 aliphatic carbocycles. The van der Waals surface area contributed by atoms with Gasteiger partial charge in [-0.3, -0.25) is 24.5 Å². The number of nitrogens with one attached hydrogen (secondary N) is 2. The molecule has 14 heteroatoms. The second-order valence-electron chi connectivity index (χ2n) is 7.12. The van der Waals surface area contributed by atoms with Crippen molar-refractivity contribution < 1.29 is 28.8 Å². The highest BCUT2D eigenvalue weighted by molar-refractivity contribution is 6.53. The number of rotatable bonds is 9. The normalized spacial score (nSPS) is 12.0. The van der Waals surface area contributed by atoms with E-state index >= 15 is 0 Å². The topological polar surface area (TPSA) is 209 Å². The number of Topliss-reactive ketones (excluding diaryl/α,β-unsaturated/α-hetero) is 1. The Morgan fingerprint density at radius 2 is 1.92 bits per heavy atom. The smallest absolute Gasteiger partial charge is 0.355 e. The summed E-state index contributed by atoms with van der Waals surface area (Å²) < 4.78 is 9.92. The fourth-order valence-electron chi connectivity index (χ4n) is 3.25. The second kappa shape index (κ2) is 10.9. The maximum absolute atomic E-state index is 13.2.